The number of hydrogen-bond donors (Lipinski definition) is 2. The van der Waals surface area contributed by atoms with Gasteiger partial charge in [0, 0.05) is 0 Å². The zero-order valence-electron chi connectivity index (χ0n) is 6.26. The molecule has 66 valence electrons. The first-order chi connectivity index (χ1) is 6.18. The van der Waals surface area contributed by atoms with Gasteiger partial charge in [0.15, 0.2) is 0 Å². The van der Waals surface area contributed by atoms with Crippen LogP contribution in [0.15, 0.2) is 10.7 Å². The molecule has 3 N–H and O–H groups in total. The third-order valence-corrected chi connectivity index (χ3v) is 1.45. The summed E-state index contributed by atoms with van der Waals surface area (Å²) < 4.78 is 4.65. The van der Waals surface area contributed by atoms with Crippen LogP contribution in [0.4, 0.5) is 5.82 Å². The van der Waals surface area contributed by atoms with E-state index in [0.29, 0.717) is 5.39 Å². The standard InChI is InChI=1S/C6H4N4O3/c7-3-2-1-8-13-5(2)10-4(9-3)6(11)12/h1H,(H,11,12)(H2,7,9,10). The Morgan fingerprint density at radius 1 is 1.54 bits per heavy atom. The Kier molecular flexibility index (Phi) is 1.38. The first-order valence-electron chi connectivity index (χ1n) is 3.29. The van der Waals surface area contributed by atoms with Crippen LogP contribution < -0.4 is 5.73 Å². The topological polar surface area (TPSA) is 115 Å². The van der Waals surface area contributed by atoms with E-state index in [1.165, 1.54) is 6.20 Å². The van der Waals surface area contributed by atoms with Gasteiger partial charge in [-0.25, -0.2) is 9.78 Å². The van der Waals surface area contributed by atoms with Crippen molar-refractivity contribution in [2.75, 3.05) is 5.73 Å². The first kappa shape index (κ1) is 7.47. The zero-order valence-corrected chi connectivity index (χ0v) is 6.26. The van der Waals surface area contributed by atoms with E-state index in [1.807, 2.05) is 0 Å². The fraction of sp³-hybridized carbons (Fsp3) is 0. The molecular formula is C6H4N4O3. The number of carboxylic acids is 1. The van der Waals surface area contributed by atoms with E-state index >= 15 is 0 Å². The normalized spacial score (nSPS) is 10.5. The number of fused-ring (bicyclic) bond motifs is 1. The zero-order chi connectivity index (χ0) is 9.42. The van der Waals surface area contributed by atoms with Crippen LogP contribution in [0.2, 0.25) is 0 Å². The summed E-state index contributed by atoms with van der Waals surface area (Å²) in [7, 11) is 0. The fourth-order valence-electron chi connectivity index (χ4n) is 0.881. The van der Waals surface area contributed by atoms with Crippen LogP contribution in [0.1, 0.15) is 10.6 Å². The summed E-state index contributed by atoms with van der Waals surface area (Å²) in [6, 6.07) is 0. The minimum Gasteiger partial charge on any atom is -0.475 e. The molecule has 0 spiro atoms. The summed E-state index contributed by atoms with van der Waals surface area (Å²) in [5, 5.41) is 12.4. The number of nitrogen functional groups attached to an aromatic ring is 1. The van der Waals surface area contributed by atoms with Gasteiger partial charge in [0.25, 0.3) is 5.71 Å². The van der Waals surface area contributed by atoms with E-state index in [1.54, 1.807) is 0 Å². The maximum Gasteiger partial charge on any atom is 0.374 e. The molecule has 0 saturated heterocycles. The maximum atomic E-state index is 10.5. The SMILES string of the molecule is Nc1nc(C(=O)O)nc2oncc12. The molecule has 0 aromatic carbocycles. The number of nitrogens with zero attached hydrogens (tertiary/aromatic N) is 3. The third-order valence-electron chi connectivity index (χ3n) is 1.45. The van der Waals surface area contributed by atoms with Gasteiger partial charge in [-0.3, -0.25) is 0 Å². The highest BCUT2D eigenvalue weighted by Gasteiger charge is 2.13. The van der Waals surface area contributed by atoms with E-state index < -0.39 is 11.8 Å². The molecule has 0 aliphatic carbocycles. The Bertz CT molecular complexity index is 478. The first-order valence-corrected chi connectivity index (χ1v) is 3.29. The molecule has 7 nitrogen and oxygen atoms in total. The second-order valence-electron chi connectivity index (χ2n) is 2.28. The van der Waals surface area contributed by atoms with Crippen LogP contribution in [0.25, 0.3) is 11.1 Å². The van der Waals surface area contributed by atoms with Gasteiger partial charge in [-0.05, 0) is 0 Å². The molecule has 2 aromatic rings. The highest BCUT2D eigenvalue weighted by Crippen LogP contribution is 2.16. The number of nitrogens with two attached hydrogens (primary N) is 1. The molecule has 0 atom stereocenters. The molecule has 0 amide bonds. The lowest BCUT2D eigenvalue weighted by Crippen LogP contribution is -2.06. The molecule has 0 fully saturated rings. The van der Waals surface area contributed by atoms with Crippen LogP contribution in [0, 0.1) is 0 Å². The van der Waals surface area contributed by atoms with Crippen molar-refractivity contribution >= 4 is 22.9 Å². The number of aromatic carboxylic acids is 1. The molecule has 2 heterocycles. The highest BCUT2D eigenvalue weighted by molar-refractivity contribution is 5.89. The number of carboxylic acid groups (broad SMARTS) is 1. The van der Waals surface area contributed by atoms with Crippen molar-refractivity contribution < 1.29 is 14.4 Å². The van der Waals surface area contributed by atoms with Gasteiger partial charge in [0.2, 0.25) is 5.82 Å². The van der Waals surface area contributed by atoms with Crippen LogP contribution >= 0.6 is 0 Å². The fourth-order valence-corrected chi connectivity index (χ4v) is 0.881. The van der Waals surface area contributed by atoms with E-state index in [4.69, 9.17) is 10.8 Å². The minimum absolute atomic E-state index is 0.0450. The molecule has 2 rings (SSSR count). The summed E-state index contributed by atoms with van der Waals surface area (Å²) in [6.07, 6.45) is 1.33. The Morgan fingerprint density at radius 2 is 2.31 bits per heavy atom. The second-order valence-corrected chi connectivity index (χ2v) is 2.28. The van der Waals surface area contributed by atoms with Gasteiger partial charge < -0.3 is 15.4 Å². The Balaban J connectivity index is 2.77. The quantitative estimate of drug-likeness (QED) is 0.629. The molecule has 0 unspecified atom stereocenters. The van der Waals surface area contributed by atoms with Gasteiger partial charge in [-0.1, -0.05) is 5.16 Å². The molecule has 0 aliphatic heterocycles. The lowest BCUT2D eigenvalue weighted by Gasteiger charge is -1.94. The highest BCUT2D eigenvalue weighted by atomic mass is 16.5. The average molecular weight is 180 g/mol. The summed E-state index contributed by atoms with van der Waals surface area (Å²) >= 11 is 0. The van der Waals surface area contributed by atoms with Crippen molar-refractivity contribution in [2.24, 2.45) is 0 Å². The third kappa shape index (κ3) is 1.06. The largest absolute Gasteiger partial charge is 0.475 e. The van der Waals surface area contributed by atoms with E-state index in [-0.39, 0.29) is 11.5 Å². The Morgan fingerprint density at radius 3 is 3.00 bits per heavy atom. The van der Waals surface area contributed by atoms with Gasteiger partial charge in [-0.2, -0.15) is 4.98 Å². The second kappa shape index (κ2) is 2.41. The van der Waals surface area contributed by atoms with Crippen molar-refractivity contribution in [1.82, 2.24) is 15.1 Å². The van der Waals surface area contributed by atoms with Crippen molar-refractivity contribution in [3.05, 3.63) is 12.0 Å². The minimum atomic E-state index is -1.26. The maximum absolute atomic E-state index is 10.5. The summed E-state index contributed by atoms with van der Waals surface area (Å²) in [5.74, 6) is -1.62. The van der Waals surface area contributed by atoms with E-state index in [2.05, 4.69) is 19.6 Å². The molecule has 7 heteroatoms. The van der Waals surface area contributed by atoms with Crippen molar-refractivity contribution in [1.29, 1.82) is 0 Å². The Labute approximate surface area is 71.2 Å². The number of aromatic nitrogens is 3. The van der Waals surface area contributed by atoms with E-state index in [9.17, 15) is 4.79 Å². The summed E-state index contributed by atoms with van der Waals surface area (Å²) in [6.45, 7) is 0. The van der Waals surface area contributed by atoms with Crippen molar-refractivity contribution in [3.8, 4) is 0 Å². The predicted molar refractivity (Wildman–Crippen MR) is 41.0 cm³/mol. The van der Waals surface area contributed by atoms with Gasteiger partial charge >= 0.3 is 5.97 Å². The van der Waals surface area contributed by atoms with Crippen LogP contribution in [-0.2, 0) is 0 Å². The smallest absolute Gasteiger partial charge is 0.374 e. The number of anilines is 1. The molecule has 0 bridgehead atoms. The monoisotopic (exact) mass is 180 g/mol. The summed E-state index contributed by atoms with van der Waals surface area (Å²) in [4.78, 5) is 17.6. The number of carbonyl (C=O) groups is 1. The van der Waals surface area contributed by atoms with Gasteiger partial charge in [-0.15, -0.1) is 0 Å². The molecule has 0 saturated carbocycles. The molecular weight excluding hydrogens is 176 g/mol. The van der Waals surface area contributed by atoms with Crippen molar-refractivity contribution in [3.63, 3.8) is 0 Å². The van der Waals surface area contributed by atoms with Gasteiger partial charge in [0.1, 0.15) is 11.2 Å². The van der Waals surface area contributed by atoms with Crippen LogP contribution in [0.3, 0.4) is 0 Å². The number of hydrogen-bond acceptors (Lipinski definition) is 6. The van der Waals surface area contributed by atoms with E-state index in [0.717, 1.165) is 0 Å². The molecule has 13 heavy (non-hydrogen) atoms. The van der Waals surface area contributed by atoms with Crippen LogP contribution in [0.5, 0.6) is 0 Å². The molecule has 0 radical (unpaired) electrons. The number of rotatable bonds is 1. The van der Waals surface area contributed by atoms with Crippen molar-refractivity contribution in [2.45, 2.75) is 0 Å². The lowest BCUT2D eigenvalue weighted by atomic mass is 10.4. The Hall–Kier alpha value is -2.18. The molecule has 0 aliphatic rings. The van der Waals surface area contributed by atoms with Gasteiger partial charge in [0.05, 0.1) is 6.20 Å². The predicted octanol–water partition coefficient (Wildman–Crippen LogP) is -0.102. The lowest BCUT2D eigenvalue weighted by molar-refractivity contribution is 0.0683. The van der Waals surface area contributed by atoms with Crippen LogP contribution in [-0.4, -0.2) is 26.2 Å². The average Bonchev–Trinajstić information content (AvgIpc) is 2.51. The molecule has 2 aromatic heterocycles. The summed E-state index contributed by atoms with van der Waals surface area (Å²) in [5.41, 5.74) is 5.50.